The van der Waals surface area contributed by atoms with Crippen LogP contribution in [0.15, 0.2) is 18.2 Å². The average molecular weight is 301 g/mol. The summed E-state index contributed by atoms with van der Waals surface area (Å²) in [6.07, 6.45) is 3.13. The van der Waals surface area contributed by atoms with Crippen molar-refractivity contribution in [3.63, 3.8) is 0 Å². The normalized spacial score (nSPS) is 18.9. The summed E-state index contributed by atoms with van der Waals surface area (Å²) < 4.78 is 0. The third-order valence-corrected chi connectivity index (χ3v) is 4.47. The van der Waals surface area contributed by atoms with Crippen LogP contribution in [0.2, 0.25) is 10.0 Å². The Hall–Kier alpha value is -0.770. The van der Waals surface area contributed by atoms with Crippen LogP contribution in [0, 0.1) is 0 Å². The van der Waals surface area contributed by atoms with Gasteiger partial charge in [-0.25, -0.2) is 0 Å². The van der Waals surface area contributed by atoms with Gasteiger partial charge >= 0.3 is 0 Å². The minimum atomic E-state index is 0.156. The molecule has 0 aromatic heterocycles. The van der Waals surface area contributed by atoms with E-state index in [0.717, 1.165) is 24.9 Å². The Morgan fingerprint density at radius 2 is 2.21 bits per heavy atom. The molecule has 0 aliphatic carbocycles. The molecule has 1 aromatic carbocycles. The second kappa shape index (κ2) is 6.60. The molecule has 1 heterocycles. The highest BCUT2D eigenvalue weighted by atomic mass is 35.5. The second-order valence-electron chi connectivity index (χ2n) is 4.83. The number of carbonyl (C=O) groups excluding carboxylic acids is 1. The van der Waals surface area contributed by atoms with Crippen molar-refractivity contribution >= 4 is 29.1 Å². The number of halogens is 2. The van der Waals surface area contributed by atoms with Gasteiger partial charge in [-0.3, -0.25) is 4.79 Å². The first kappa shape index (κ1) is 14.6. The van der Waals surface area contributed by atoms with E-state index in [4.69, 9.17) is 28.9 Å². The van der Waals surface area contributed by atoms with Crippen molar-refractivity contribution in [2.45, 2.75) is 31.7 Å². The summed E-state index contributed by atoms with van der Waals surface area (Å²) >= 11 is 12.1. The lowest BCUT2D eigenvalue weighted by Gasteiger charge is -2.23. The van der Waals surface area contributed by atoms with Gasteiger partial charge in [0.2, 0.25) is 5.91 Å². The number of rotatable bonds is 4. The van der Waals surface area contributed by atoms with Crippen LogP contribution in [0.3, 0.4) is 0 Å². The van der Waals surface area contributed by atoms with E-state index in [1.807, 2.05) is 17.0 Å². The average Bonchev–Trinajstić information content (AvgIpc) is 2.88. The number of amides is 1. The van der Waals surface area contributed by atoms with E-state index in [9.17, 15) is 4.79 Å². The standard InChI is InChI=1S/C14H18Cl2N2O/c15-12-5-1-3-10(14(12)16)6-7-13(19)18-8-2-4-11(18)9-17/h1,3,5,11H,2,4,6-9,17H2. The van der Waals surface area contributed by atoms with Crippen LogP contribution in [0.25, 0.3) is 0 Å². The molecular formula is C14H18Cl2N2O. The zero-order valence-electron chi connectivity index (χ0n) is 10.7. The van der Waals surface area contributed by atoms with Gasteiger partial charge in [-0.1, -0.05) is 35.3 Å². The molecule has 19 heavy (non-hydrogen) atoms. The summed E-state index contributed by atoms with van der Waals surface area (Å²) in [6, 6.07) is 5.72. The summed E-state index contributed by atoms with van der Waals surface area (Å²) in [6.45, 7) is 1.37. The quantitative estimate of drug-likeness (QED) is 0.929. The van der Waals surface area contributed by atoms with Crippen molar-refractivity contribution in [2.75, 3.05) is 13.1 Å². The molecule has 1 saturated heterocycles. The van der Waals surface area contributed by atoms with Crippen molar-refractivity contribution in [3.8, 4) is 0 Å². The topological polar surface area (TPSA) is 46.3 Å². The zero-order chi connectivity index (χ0) is 13.8. The van der Waals surface area contributed by atoms with Gasteiger partial charge in [-0.05, 0) is 30.9 Å². The minimum Gasteiger partial charge on any atom is -0.338 e. The fourth-order valence-electron chi connectivity index (χ4n) is 2.54. The SMILES string of the molecule is NCC1CCCN1C(=O)CCc1cccc(Cl)c1Cl. The predicted molar refractivity (Wildman–Crippen MR) is 78.6 cm³/mol. The fourth-order valence-corrected chi connectivity index (χ4v) is 2.95. The lowest BCUT2D eigenvalue weighted by Crippen LogP contribution is -2.40. The summed E-state index contributed by atoms with van der Waals surface area (Å²) in [5.41, 5.74) is 6.60. The Bertz CT molecular complexity index is 465. The molecule has 0 bridgehead atoms. The Balaban J connectivity index is 1.95. The number of carbonyl (C=O) groups is 1. The van der Waals surface area contributed by atoms with E-state index in [1.165, 1.54) is 0 Å². The van der Waals surface area contributed by atoms with Gasteiger partial charge in [-0.2, -0.15) is 0 Å². The molecule has 1 amide bonds. The number of nitrogens with two attached hydrogens (primary N) is 1. The van der Waals surface area contributed by atoms with Crippen molar-refractivity contribution in [2.24, 2.45) is 5.73 Å². The van der Waals surface area contributed by atoms with Crippen LogP contribution in [0.5, 0.6) is 0 Å². The van der Waals surface area contributed by atoms with E-state index < -0.39 is 0 Å². The molecule has 5 heteroatoms. The van der Waals surface area contributed by atoms with Gasteiger partial charge < -0.3 is 10.6 Å². The third kappa shape index (κ3) is 3.41. The van der Waals surface area contributed by atoms with Gasteiger partial charge in [0, 0.05) is 25.6 Å². The molecule has 1 fully saturated rings. The van der Waals surface area contributed by atoms with Crippen LogP contribution in [-0.4, -0.2) is 29.9 Å². The molecule has 2 N–H and O–H groups in total. The zero-order valence-corrected chi connectivity index (χ0v) is 12.3. The first-order chi connectivity index (χ1) is 9.13. The fraction of sp³-hybridized carbons (Fsp3) is 0.500. The number of aryl methyl sites for hydroxylation is 1. The lowest BCUT2D eigenvalue weighted by molar-refractivity contribution is -0.131. The van der Waals surface area contributed by atoms with Gasteiger partial charge in [-0.15, -0.1) is 0 Å². The smallest absolute Gasteiger partial charge is 0.223 e. The first-order valence-electron chi connectivity index (χ1n) is 6.56. The van der Waals surface area contributed by atoms with Gasteiger partial charge in [0.05, 0.1) is 10.0 Å². The molecular weight excluding hydrogens is 283 g/mol. The van der Waals surface area contributed by atoms with Gasteiger partial charge in [0.1, 0.15) is 0 Å². The van der Waals surface area contributed by atoms with Crippen molar-refractivity contribution < 1.29 is 4.79 Å². The summed E-state index contributed by atoms with van der Waals surface area (Å²) in [5.74, 6) is 0.156. The lowest BCUT2D eigenvalue weighted by atomic mass is 10.1. The Morgan fingerprint density at radius 3 is 2.95 bits per heavy atom. The Kier molecular flexibility index (Phi) is 5.08. The number of nitrogens with zero attached hydrogens (tertiary/aromatic N) is 1. The van der Waals surface area contributed by atoms with Crippen molar-refractivity contribution in [3.05, 3.63) is 33.8 Å². The van der Waals surface area contributed by atoms with E-state index in [-0.39, 0.29) is 11.9 Å². The van der Waals surface area contributed by atoms with Gasteiger partial charge in [0.15, 0.2) is 0 Å². The molecule has 1 unspecified atom stereocenters. The van der Waals surface area contributed by atoms with Crippen LogP contribution < -0.4 is 5.73 Å². The summed E-state index contributed by atoms with van der Waals surface area (Å²) in [4.78, 5) is 14.1. The number of hydrogen-bond acceptors (Lipinski definition) is 2. The highest BCUT2D eigenvalue weighted by Gasteiger charge is 2.27. The highest BCUT2D eigenvalue weighted by molar-refractivity contribution is 6.42. The van der Waals surface area contributed by atoms with Crippen LogP contribution >= 0.6 is 23.2 Å². The molecule has 2 rings (SSSR count). The maximum atomic E-state index is 12.2. The Morgan fingerprint density at radius 1 is 1.42 bits per heavy atom. The third-order valence-electron chi connectivity index (χ3n) is 3.61. The summed E-state index contributed by atoms with van der Waals surface area (Å²) in [5, 5.41) is 1.08. The molecule has 0 radical (unpaired) electrons. The predicted octanol–water partition coefficient (Wildman–Crippen LogP) is 2.88. The van der Waals surface area contributed by atoms with E-state index in [2.05, 4.69) is 0 Å². The van der Waals surface area contributed by atoms with Crippen molar-refractivity contribution in [1.29, 1.82) is 0 Å². The van der Waals surface area contributed by atoms with Crippen molar-refractivity contribution in [1.82, 2.24) is 4.90 Å². The van der Waals surface area contributed by atoms with Gasteiger partial charge in [0.25, 0.3) is 0 Å². The molecule has 3 nitrogen and oxygen atoms in total. The first-order valence-corrected chi connectivity index (χ1v) is 7.31. The highest BCUT2D eigenvalue weighted by Crippen LogP contribution is 2.27. The number of likely N-dealkylation sites (tertiary alicyclic amines) is 1. The maximum absolute atomic E-state index is 12.2. The molecule has 0 spiro atoms. The Labute approximate surface area is 123 Å². The molecule has 1 aromatic rings. The monoisotopic (exact) mass is 300 g/mol. The molecule has 0 saturated carbocycles. The largest absolute Gasteiger partial charge is 0.338 e. The maximum Gasteiger partial charge on any atom is 0.223 e. The molecule has 1 aliphatic rings. The van der Waals surface area contributed by atoms with Crippen LogP contribution in [0.1, 0.15) is 24.8 Å². The van der Waals surface area contributed by atoms with E-state index >= 15 is 0 Å². The second-order valence-corrected chi connectivity index (χ2v) is 5.62. The van der Waals surface area contributed by atoms with E-state index in [0.29, 0.717) is 29.4 Å². The molecule has 1 atom stereocenters. The van der Waals surface area contributed by atoms with Crippen LogP contribution in [-0.2, 0) is 11.2 Å². The number of hydrogen-bond donors (Lipinski definition) is 1. The van der Waals surface area contributed by atoms with E-state index in [1.54, 1.807) is 6.07 Å². The molecule has 1 aliphatic heterocycles. The summed E-state index contributed by atoms with van der Waals surface area (Å²) in [7, 11) is 0. The number of benzene rings is 1. The van der Waals surface area contributed by atoms with Crippen LogP contribution in [0.4, 0.5) is 0 Å². The molecule has 104 valence electrons. The minimum absolute atomic E-state index is 0.156.